The Hall–Kier alpha value is -3.27. The third-order valence-electron chi connectivity index (χ3n) is 3.60. The number of rotatable bonds is 7. The van der Waals surface area contributed by atoms with Gasteiger partial charge in [-0.3, -0.25) is 24.5 Å². The first kappa shape index (κ1) is 19.1. The molecule has 0 saturated heterocycles. The summed E-state index contributed by atoms with van der Waals surface area (Å²) < 4.78 is 27.1. The van der Waals surface area contributed by atoms with E-state index in [0.717, 1.165) is 16.4 Å². The topological polar surface area (TPSA) is 124 Å². The molecule has 0 aromatic heterocycles. The third kappa shape index (κ3) is 3.54. The Kier molecular flexibility index (Phi) is 5.36. The summed E-state index contributed by atoms with van der Waals surface area (Å²) in [6.07, 6.45) is 1.35. The van der Waals surface area contributed by atoms with Crippen molar-refractivity contribution in [2.75, 3.05) is 10.8 Å². The van der Waals surface area contributed by atoms with E-state index in [1.165, 1.54) is 6.08 Å². The molecule has 0 atom stereocenters. The maximum Gasteiger partial charge on any atom is 0.296 e. The van der Waals surface area contributed by atoms with Crippen molar-refractivity contribution >= 4 is 27.1 Å². The highest BCUT2D eigenvalue weighted by molar-refractivity contribution is 7.93. The number of hydrogen-bond acceptors (Lipinski definition) is 6. The predicted octanol–water partition coefficient (Wildman–Crippen LogP) is 3.19. The molecular weight excluding hydrogens is 362 g/mol. The predicted molar refractivity (Wildman–Crippen MR) is 95.7 cm³/mol. The lowest BCUT2D eigenvalue weighted by Crippen LogP contribution is -2.32. The van der Waals surface area contributed by atoms with Crippen molar-refractivity contribution in [2.24, 2.45) is 0 Å². The van der Waals surface area contributed by atoms with Gasteiger partial charge in [-0.2, -0.15) is 0 Å². The van der Waals surface area contributed by atoms with E-state index in [-0.39, 0.29) is 6.54 Å². The number of nitro groups is 2. The highest BCUT2D eigenvalue weighted by atomic mass is 32.2. The van der Waals surface area contributed by atoms with Crippen LogP contribution in [0.15, 0.2) is 60.0 Å². The van der Waals surface area contributed by atoms with Gasteiger partial charge in [0.25, 0.3) is 21.4 Å². The van der Waals surface area contributed by atoms with Gasteiger partial charge in [0.15, 0.2) is 4.90 Å². The van der Waals surface area contributed by atoms with Gasteiger partial charge in [-0.15, -0.1) is 6.58 Å². The number of nitrogens with zero attached hydrogens (tertiary/aromatic N) is 3. The molecule has 0 aliphatic carbocycles. The smallest absolute Gasteiger partial charge is 0.262 e. The monoisotopic (exact) mass is 377 g/mol. The van der Waals surface area contributed by atoms with Gasteiger partial charge in [-0.05, 0) is 24.6 Å². The maximum atomic E-state index is 13.1. The fourth-order valence-electron chi connectivity index (χ4n) is 2.39. The molecule has 2 aromatic rings. The van der Waals surface area contributed by atoms with Crippen LogP contribution in [0.2, 0.25) is 0 Å². The number of sulfonamides is 1. The Morgan fingerprint density at radius 3 is 2.31 bits per heavy atom. The summed E-state index contributed by atoms with van der Waals surface area (Å²) >= 11 is 0. The van der Waals surface area contributed by atoms with Crippen molar-refractivity contribution in [2.45, 2.75) is 11.8 Å². The summed E-state index contributed by atoms with van der Waals surface area (Å²) in [6.45, 7) is 5.10. The summed E-state index contributed by atoms with van der Waals surface area (Å²) in [5.41, 5.74) is -0.453. The molecule has 0 saturated carbocycles. The molecule has 136 valence electrons. The molecule has 0 heterocycles. The van der Waals surface area contributed by atoms with Crippen molar-refractivity contribution in [1.82, 2.24) is 0 Å². The van der Waals surface area contributed by atoms with Crippen molar-refractivity contribution in [3.8, 4) is 0 Å². The molecule has 0 fully saturated rings. The third-order valence-corrected chi connectivity index (χ3v) is 5.42. The Balaban J connectivity index is 2.71. The highest BCUT2D eigenvalue weighted by Gasteiger charge is 2.33. The lowest BCUT2D eigenvalue weighted by molar-refractivity contribution is -0.396. The van der Waals surface area contributed by atoms with Crippen molar-refractivity contribution in [1.29, 1.82) is 0 Å². The van der Waals surface area contributed by atoms with Gasteiger partial charge in [0.2, 0.25) is 0 Å². The first-order valence-corrected chi connectivity index (χ1v) is 8.76. The molecule has 2 aromatic carbocycles. The van der Waals surface area contributed by atoms with Crippen LogP contribution in [0.1, 0.15) is 5.56 Å². The Morgan fingerprint density at radius 2 is 1.77 bits per heavy atom. The number of non-ortho nitro benzene ring substituents is 1. The van der Waals surface area contributed by atoms with Gasteiger partial charge < -0.3 is 0 Å². The molecule has 26 heavy (non-hydrogen) atoms. The van der Waals surface area contributed by atoms with Gasteiger partial charge in [0, 0.05) is 6.07 Å². The Bertz CT molecular complexity index is 987. The van der Waals surface area contributed by atoms with Crippen LogP contribution < -0.4 is 4.31 Å². The van der Waals surface area contributed by atoms with E-state index in [1.54, 1.807) is 31.2 Å². The quantitative estimate of drug-likeness (QED) is 0.415. The minimum absolute atomic E-state index is 0.124. The Morgan fingerprint density at radius 1 is 1.12 bits per heavy atom. The van der Waals surface area contributed by atoms with Crippen LogP contribution in [-0.2, 0) is 10.0 Å². The second-order valence-electron chi connectivity index (χ2n) is 5.28. The molecule has 2 rings (SSSR count). The average molecular weight is 377 g/mol. The normalized spacial score (nSPS) is 11.0. The van der Waals surface area contributed by atoms with E-state index >= 15 is 0 Å². The van der Waals surface area contributed by atoms with Gasteiger partial charge in [-0.25, -0.2) is 8.42 Å². The lowest BCUT2D eigenvalue weighted by Gasteiger charge is -2.24. The van der Waals surface area contributed by atoms with E-state index in [9.17, 15) is 28.6 Å². The Labute approximate surface area is 149 Å². The minimum atomic E-state index is -4.36. The molecule has 9 nitrogen and oxygen atoms in total. The van der Waals surface area contributed by atoms with E-state index < -0.39 is 36.1 Å². The molecule has 0 aliphatic heterocycles. The maximum absolute atomic E-state index is 13.1. The second kappa shape index (κ2) is 7.31. The minimum Gasteiger partial charge on any atom is -0.262 e. The van der Waals surface area contributed by atoms with Gasteiger partial charge in [0.05, 0.1) is 28.1 Å². The van der Waals surface area contributed by atoms with Gasteiger partial charge >= 0.3 is 0 Å². The number of para-hydroxylation sites is 1. The molecular formula is C16H15N3O6S. The van der Waals surface area contributed by atoms with Crippen LogP contribution in [0.25, 0.3) is 0 Å². The molecule has 0 amide bonds. The van der Waals surface area contributed by atoms with Crippen LogP contribution in [-0.4, -0.2) is 24.8 Å². The van der Waals surface area contributed by atoms with Crippen LogP contribution in [0.3, 0.4) is 0 Å². The van der Waals surface area contributed by atoms with Crippen LogP contribution >= 0.6 is 0 Å². The number of aryl methyl sites for hydroxylation is 1. The zero-order valence-electron chi connectivity index (χ0n) is 13.7. The zero-order valence-corrected chi connectivity index (χ0v) is 14.5. The molecule has 0 spiro atoms. The summed E-state index contributed by atoms with van der Waals surface area (Å²) in [4.78, 5) is 19.7. The van der Waals surface area contributed by atoms with Crippen molar-refractivity contribution in [3.05, 3.63) is 80.9 Å². The van der Waals surface area contributed by atoms with E-state index in [0.29, 0.717) is 17.3 Å². The first-order valence-electron chi connectivity index (χ1n) is 7.32. The van der Waals surface area contributed by atoms with Crippen molar-refractivity contribution < 1.29 is 18.3 Å². The highest BCUT2D eigenvalue weighted by Crippen LogP contribution is 2.33. The fourth-order valence-corrected chi connectivity index (χ4v) is 4.03. The van der Waals surface area contributed by atoms with Crippen molar-refractivity contribution in [3.63, 3.8) is 0 Å². The van der Waals surface area contributed by atoms with Gasteiger partial charge in [-0.1, -0.05) is 24.3 Å². The number of benzene rings is 2. The molecule has 10 heteroatoms. The average Bonchev–Trinajstić information content (AvgIpc) is 2.59. The largest absolute Gasteiger partial charge is 0.296 e. The first-order chi connectivity index (χ1) is 12.2. The fraction of sp³-hybridized carbons (Fsp3) is 0.125. The van der Waals surface area contributed by atoms with E-state index in [4.69, 9.17) is 0 Å². The SMILES string of the molecule is C=CCN(c1ccccc1C)S(=O)(=O)c1ccc([N+](=O)[O-])cc1[N+](=O)[O-]. The molecule has 0 aliphatic rings. The summed E-state index contributed by atoms with van der Waals surface area (Å²) in [7, 11) is -4.36. The standard InChI is InChI=1S/C16H15N3O6S/c1-3-10-17(14-7-5-4-6-12(14)2)26(24,25)16-9-8-13(18(20)21)11-15(16)19(22)23/h3-9,11H,1,10H2,2H3. The summed E-state index contributed by atoms with van der Waals surface area (Å²) in [5, 5.41) is 22.2. The number of anilines is 1. The van der Waals surface area contributed by atoms with Crippen LogP contribution in [0.4, 0.5) is 17.1 Å². The molecule has 0 unspecified atom stereocenters. The van der Waals surface area contributed by atoms with Crippen LogP contribution in [0.5, 0.6) is 0 Å². The molecule has 0 radical (unpaired) electrons. The zero-order chi connectivity index (χ0) is 19.5. The number of hydrogen-bond donors (Lipinski definition) is 0. The summed E-state index contributed by atoms with van der Waals surface area (Å²) in [5.74, 6) is 0. The summed E-state index contributed by atoms with van der Waals surface area (Å²) in [6, 6.07) is 9.06. The second-order valence-corrected chi connectivity index (χ2v) is 7.11. The number of nitro benzene ring substituents is 2. The molecule has 0 bridgehead atoms. The van der Waals surface area contributed by atoms with Gasteiger partial charge in [0.1, 0.15) is 0 Å². The van der Waals surface area contributed by atoms with Crippen LogP contribution in [0, 0.1) is 27.2 Å². The van der Waals surface area contributed by atoms with E-state index in [1.807, 2.05) is 0 Å². The molecule has 0 N–H and O–H groups in total. The lowest BCUT2D eigenvalue weighted by atomic mass is 10.2. The van der Waals surface area contributed by atoms with E-state index in [2.05, 4.69) is 6.58 Å².